The first-order valence-corrected chi connectivity index (χ1v) is 8.05. The molecular weight excluding hydrogens is 272 g/mol. The van der Waals surface area contributed by atoms with Crippen LogP contribution in [-0.2, 0) is 21.7 Å². The van der Waals surface area contributed by atoms with Crippen LogP contribution in [-0.4, -0.2) is 23.4 Å². The van der Waals surface area contributed by atoms with Crippen LogP contribution in [0.5, 0.6) is 0 Å². The van der Waals surface area contributed by atoms with E-state index in [4.69, 9.17) is 10.2 Å². The Bertz CT molecular complexity index is 95.3. The van der Waals surface area contributed by atoms with Crippen LogP contribution in [0.3, 0.4) is 0 Å². The van der Waals surface area contributed by atoms with Gasteiger partial charge in [0.25, 0.3) is 0 Å². The fourth-order valence-corrected chi connectivity index (χ4v) is 1.78. The van der Waals surface area contributed by atoms with Gasteiger partial charge in [-0.05, 0) is 12.8 Å². The zero-order valence-electron chi connectivity index (χ0n) is 13.3. The monoisotopic (exact) mass is 308 g/mol. The summed E-state index contributed by atoms with van der Waals surface area (Å²) in [6.45, 7) is 5.16. The van der Waals surface area contributed by atoms with Crippen LogP contribution in [0.1, 0.15) is 90.9 Å². The Morgan fingerprint density at radius 3 is 1.00 bits per heavy atom. The van der Waals surface area contributed by atoms with Crippen molar-refractivity contribution < 1.29 is 31.9 Å². The third-order valence-electron chi connectivity index (χ3n) is 3.02. The van der Waals surface area contributed by atoms with E-state index in [2.05, 4.69) is 13.8 Å². The van der Waals surface area contributed by atoms with E-state index in [1.165, 1.54) is 64.2 Å². The molecule has 0 aliphatic rings. The smallest absolute Gasteiger partial charge is 0.0431 e. The summed E-state index contributed by atoms with van der Waals surface area (Å²) in [6.07, 6.45) is 15.0. The third-order valence-corrected chi connectivity index (χ3v) is 3.02. The molecular formula is C16H36O2Ti. The van der Waals surface area contributed by atoms with Crippen LogP contribution < -0.4 is 0 Å². The second-order valence-electron chi connectivity index (χ2n) is 4.98. The molecule has 0 aliphatic carbocycles. The molecule has 0 aromatic carbocycles. The Hall–Kier alpha value is 0.634. The molecule has 0 heterocycles. The van der Waals surface area contributed by atoms with Gasteiger partial charge in [-0.15, -0.1) is 0 Å². The molecule has 3 heteroatoms. The van der Waals surface area contributed by atoms with Gasteiger partial charge in [-0.1, -0.05) is 78.1 Å². The largest absolute Gasteiger partial charge is 0.396 e. The van der Waals surface area contributed by atoms with Gasteiger partial charge in [-0.25, -0.2) is 0 Å². The maximum Gasteiger partial charge on any atom is 0.0431 e. The molecule has 0 saturated heterocycles. The van der Waals surface area contributed by atoms with Gasteiger partial charge in [0.1, 0.15) is 0 Å². The van der Waals surface area contributed by atoms with Gasteiger partial charge in [-0.3, -0.25) is 0 Å². The zero-order chi connectivity index (χ0) is 13.9. The van der Waals surface area contributed by atoms with Crippen LogP contribution >= 0.6 is 0 Å². The van der Waals surface area contributed by atoms with E-state index in [1.54, 1.807) is 0 Å². The Balaban J connectivity index is -0.000000256. The Labute approximate surface area is 136 Å². The SMILES string of the molecule is CCCCCCCCO.CCCCCCCCO.[Ti]. The predicted molar refractivity (Wildman–Crippen MR) is 80.9 cm³/mol. The van der Waals surface area contributed by atoms with E-state index in [0.717, 1.165) is 12.8 Å². The minimum Gasteiger partial charge on any atom is -0.396 e. The molecule has 0 saturated carbocycles. The minimum absolute atomic E-state index is 0. The summed E-state index contributed by atoms with van der Waals surface area (Å²) in [5.74, 6) is 0. The van der Waals surface area contributed by atoms with Gasteiger partial charge in [0.2, 0.25) is 0 Å². The molecule has 0 unspecified atom stereocenters. The standard InChI is InChI=1S/2C8H18O.Ti/c2*1-2-3-4-5-6-7-8-9;/h2*9H,2-8H2,1H3;. The number of hydrogen-bond acceptors (Lipinski definition) is 2. The average molecular weight is 308 g/mol. The maximum atomic E-state index is 8.42. The van der Waals surface area contributed by atoms with E-state index < -0.39 is 0 Å². The first-order chi connectivity index (χ1) is 8.83. The molecule has 0 bridgehead atoms. The average Bonchev–Trinajstić information content (AvgIpc) is 2.39. The second-order valence-corrected chi connectivity index (χ2v) is 4.98. The first-order valence-electron chi connectivity index (χ1n) is 8.05. The van der Waals surface area contributed by atoms with Crippen LogP contribution in [0.15, 0.2) is 0 Å². The summed E-state index contributed by atoms with van der Waals surface area (Å²) >= 11 is 0. The van der Waals surface area contributed by atoms with Crippen molar-refractivity contribution in [3.05, 3.63) is 0 Å². The van der Waals surface area contributed by atoms with E-state index in [1.807, 2.05) is 0 Å². The van der Waals surface area contributed by atoms with Gasteiger partial charge < -0.3 is 10.2 Å². The second kappa shape index (κ2) is 27.1. The van der Waals surface area contributed by atoms with Crippen molar-refractivity contribution in [1.29, 1.82) is 0 Å². The van der Waals surface area contributed by atoms with Crippen molar-refractivity contribution >= 4 is 0 Å². The molecule has 0 rings (SSSR count). The molecule has 0 amide bonds. The topological polar surface area (TPSA) is 40.5 Å². The van der Waals surface area contributed by atoms with Crippen molar-refractivity contribution in [3.63, 3.8) is 0 Å². The van der Waals surface area contributed by atoms with E-state index >= 15 is 0 Å². The summed E-state index contributed by atoms with van der Waals surface area (Å²) in [4.78, 5) is 0. The van der Waals surface area contributed by atoms with E-state index in [9.17, 15) is 0 Å². The number of unbranched alkanes of at least 4 members (excludes halogenated alkanes) is 10. The van der Waals surface area contributed by atoms with Gasteiger partial charge in [0.05, 0.1) is 0 Å². The van der Waals surface area contributed by atoms with Crippen molar-refractivity contribution in [2.45, 2.75) is 90.9 Å². The molecule has 0 aromatic rings. The maximum absolute atomic E-state index is 8.42. The predicted octanol–water partition coefficient (Wildman–Crippen LogP) is 4.68. The van der Waals surface area contributed by atoms with Crippen molar-refractivity contribution in [1.82, 2.24) is 0 Å². The molecule has 0 atom stereocenters. The molecule has 0 radical (unpaired) electrons. The summed E-state index contributed by atoms with van der Waals surface area (Å²) in [6, 6.07) is 0. The summed E-state index contributed by atoms with van der Waals surface area (Å²) in [5.41, 5.74) is 0. The van der Waals surface area contributed by atoms with Crippen LogP contribution in [0.25, 0.3) is 0 Å². The molecule has 0 aromatic heterocycles. The van der Waals surface area contributed by atoms with Crippen molar-refractivity contribution in [2.75, 3.05) is 13.2 Å². The van der Waals surface area contributed by atoms with E-state index in [0.29, 0.717) is 13.2 Å². The normalized spacial score (nSPS) is 9.47. The van der Waals surface area contributed by atoms with Crippen molar-refractivity contribution in [3.8, 4) is 0 Å². The molecule has 0 fully saturated rings. The van der Waals surface area contributed by atoms with Crippen LogP contribution in [0.4, 0.5) is 0 Å². The molecule has 2 N–H and O–H groups in total. The number of aliphatic hydroxyl groups excluding tert-OH is 2. The molecule has 0 spiro atoms. The Kier molecular flexibility index (Phi) is 35.1. The molecule has 0 aliphatic heterocycles. The molecule has 19 heavy (non-hydrogen) atoms. The fourth-order valence-electron chi connectivity index (χ4n) is 1.78. The number of rotatable bonds is 12. The summed E-state index contributed by atoms with van der Waals surface area (Å²) < 4.78 is 0. The van der Waals surface area contributed by atoms with Crippen molar-refractivity contribution in [2.24, 2.45) is 0 Å². The Morgan fingerprint density at radius 2 is 0.737 bits per heavy atom. The Morgan fingerprint density at radius 1 is 0.474 bits per heavy atom. The van der Waals surface area contributed by atoms with Gasteiger partial charge >= 0.3 is 0 Å². The van der Waals surface area contributed by atoms with E-state index in [-0.39, 0.29) is 21.7 Å². The van der Waals surface area contributed by atoms with Gasteiger partial charge in [0.15, 0.2) is 0 Å². The number of hydrogen-bond donors (Lipinski definition) is 2. The van der Waals surface area contributed by atoms with Gasteiger partial charge in [-0.2, -0.15) is 0 Å². The van der Waals surface area contributed by atoms with Gasteiger partial charge in [0, 0.05) is 34.9 Å². The molecule has 2 nitrogen and oxygen atoms in total. The fraction of sp³-hybridized carbons (Fsp3) is 1.00. The third kappa shape index (κ3) is 32.3. The van der Waals surface area contributed by atoms with Crippen LogP contribution in [0, 0.1) is 0 Å². The van der Waals surface area contributed by atoms with Crippen LogP contribution in [0.2, 0.25) is 0 Å². The quantitative estimate of drug-likeness (QED) is 0.406. The molecule has 116 valence electrons. The summed E-state index contributed by atoms with van der Waals surface area (Å²) in [5, 5.41) is 16.8. The zero-order valence-corrected chi connectivity index (χ0v) is 14.9. The summed E-state index contributed by atoms with van der Waals surface area (Å²) in [7, 11) is 0. The number of aliphatic hydroxyl groups is 2. The minimum atomic E-state index is 0. The first kappa shape index (κ1) is 24.6.